The molecular weight excluding hydrogens is 425 g/mol. The van der Waals surface area contributed by atoms with Gasteiger partial charge in [-0.05, 0) is 37.6 Å². The molecule has 1 aromatic heterocycles. The third-order valence-electron chi connectivity index (χ3n) is 3.77. The van der Waals surface area contributed by atoms with E-state index in [9.17, 15) is 26.4 Å². The Morgan fingerprint density at radius 2 is 1.97 bits per heavy atom. The number of hydrogen-bond donors (Lipinski definition) is 0. The zero-order valence-corrected chi connectivity index (χ0v) is 17.1. The molecule has 0 aliphatic carbocycles. The second-order valence-corrected chi connectivity index (χ2v) is 8.14. The van der Waals surface area contributed by atoms with Crippen molar-refractivity contribution in [3.8, 4) is 5.75 Å². The third kappa shape index (κ3) is 6.90. The van der Waals surface area contributed by atoms with E-state index in [1.807, 2.05) is 0 Å². The van der Waals surface area contributed by atoms with Gasteiger partial charge in [-0.1, -0.05) is 12.1 Å². The van der Waals surface area contributed by atoms with E-state index in [2.05, 4.69) is 4.98 Å². The number of carbonyl (C=O) groups excluding carboxylic acids is 1. The number of nitrogens with zero attached hydrogens (tertiary/aromatic N) is 2. The Kier molecular flexibility index (Phi) is 7.65. The first-order chi connectivity index (χ1) is 14.0. The Labute approximate surface area is 172 Å². The summed E-state index contributed by atoms with van der Waals surface area (Å²) in [5, 5.41) is 0. The molecule has 164 valence electrons. The maximum Gasteiger partial charge on any atom is 0.404 e. The zero-order chi connectivity index (χ0) is 22.4. The summed E-state index contributed by atoms with van der Waals surface area (Å²) in [4.78, 5) is 15.6. The number of esters is 1. The largest absolute Gasteiger partial charge is 0.479 e. The number of benzene rings is 1. The first kappa shape index (κ1) is 23.5. The molecule has 0 saturated heterocycles. The van der Waals surface area contributed by atoms with E-state index in [-0.39, 0.29) is 24.6 Å². The van der Waals surface area contributed by atoms with Crippen LogP contribution in [-0.2, 0) is 26.1 Å². The van der Waals surface area contributed by atoms with Gasteiger partial charge in [-0.15, -0.1) is 0 Å². The van der Waals surface area contributed by atoms with Crippen molar-refractivity contribution in [1.82, 2.24) is 4.98 Å². The van der Waals surface area contributed by atoms with Crippen LogP contribution >= 0.6 is 0 Å². The van der Waals surface area contributed by atoms with E-state index in [1.54, 1.807) is 19.1 Å². The van der Waals surface area contributed by atoms with Crippen LogP contribution in [0, 0.1) is 0 Å². The van der Waals surface area contributed by atoms with E-state index in [4.69, 9.17) is 9.47 Å². The number of sulfonamides is 1. The van der Waals surface area contributed by atoms with Gasteiger partial charge in [-0.2, -0.15) is 13.2 Å². The highest BCUT2D eigenvalue weighted by atomic mass is 32.2. The smallest absolute Gasteiger partial charge is 0.404 e. The fourth-order valence-electron chi connectivity index (χ4n) is 2.52. The number of halogens is 3. The van der Waals surface area contributed by atoms with Crippen LogP contribution in [0.4, 0.5) is 18.9 Å². The van der Waals surface area contributed by atoms with E-state index in [0.717, 1.165) is 0 Å². The van der Waals surface area contributed by atoms with Gasteiger partial charge in [0.2, 0.25) is 10.0 Å². The summed E-state index contributed by atoms with van der Waals surface area (Å²) in [6.07, 6.45) is -3.08. The van der Waals surface area contributed by atoms with Crippen molar-refractivity contribution in [3.63, 3.8) is 0 Å². The van der Waals surface area contributed by atoms with Crippen LogP contribution in [0.1, 0.15) is 19.4 Å². The van der Waals surface area contributed by atoms with Gasteiger partial charge >= 0.3 is 12.1 Å². The molecule has 1 aromatic carbocycles. The first-order valence-electron chi connectivity index (χ1n) is 8.91. The molecule has 0 aliphatic rings. The lowest BCUT2D eigenvalue weighted by molar-refractivity contribution is -0.150. The van der Waals surface area contributed by atoms with E-state index in [0.29, 0.717) is 9.87 Å². The van der Waals surface area contributed by atoms with Crippen molar-refractivity contribution in [3.05, 3.63) is 54.4 Å². The van der Waals surface area contributed by atoms with Gasteiger partial charge < -0.3 is 9.47 Å². The normalized spacial score (nSPS) is 12.8. The maximum atomic E-state index is 12.9. The number of aromatic nitrogens is 1. The van der Waals surface area contributed by atoms with Crippen molar-refractivity contribution < 1.29 is 35.9 Å². The summed E-state index contributed by atoms with van der Waals surface area (Å²) in [7, 11) is -4.77. The molecule has 11 heteroatoms. The van der Waals surface area contributed by atoms with Crippen LogP contribution < -0.4 is 9.04 Å². The Morgan fingerprint density at radius 3 is 2.57 bits per heavy atom. The molecular formula is C19H21F3N2O5S. The monoisotopic (exact) mass is 446 g/mol. The molecule has 0 aliphatic heterocycles. The predicted molar refractivity (Wildman–Crippen MR) is 103 cm³/mol. The van der Waals surface area contributed by atoms with E-state index >= 15 is 0 Å². The Morgan fingerprint density at radius 1 is 1.23 bits per heavy atom. The van der Waals surface area contributed by atoms with Crippen molar-refractivity contribution in [1.29, 1.82) is 0 Å². The number of alkyl halides is 3. The maximum absolute atomic E-state index is 12.9. The molecule has 0 bridgehead atoms. The third-order valence-corrected chi connectivity index (χ3v) is 5.47. The number of carbonyl (C=O) groups is 1. The fourth-order valence-corrected chi connectivity index (χ4v) is 3.87. The molecule has 1 heterocycles. The second-order valence-electron chi connectivity index (χ2n) is 6.25. The van der Waals surface area contributed by atoms with Crippen molar-refractivity contribution in [2.75, 3.05) is 16.7 Å². The number of anilines is 1. The number of rotatable bonds is 9. The van der Waals surface area contributed by atoms with Crippen LogP contribution in [0.15, 0.2) is 48.8 Å². The fraction of sp³-hybridized carbons (Fsp3) is 0.368. The highest BCUT2D eigenvalue weighted by molar-refractivity contribution is 7.92. The summed E-state index contributed by atoms with van der Waals surface area (Å²) in [5.41, 5.74) is 0.353. The molecule has 1 atom stereocenters. The molecule has 30 heavy (non-hydrogen) atoms. The highest BCUT2D eigenvalue weighted by Crippen LogP contribution is 2.29. The Bertz CT molecular complexity index is 952. The number of ether oxygens (including phenoxy) is 2. The van der Waals surface area contributed by atoms with Crippen LogP contribution in [0.5, 0.6) is 5.75 Å². The van der Waals surface area contributed by atoms with Gasteiger partial charge in [-0.25, -0.2) is 13.2 Å². The van der Waals surface area contributed by atoms with Crippen molar-refractivity contribution in [2.24, 2.45) is 0 Å². The van der Waals surface area contributed by atoms with Gasteiger partial charge in [-0.3, -0.25) is 9.29 Å². The Balaban J connectivity index is 2.37. The lowest BCUT2D eigenvalue weighted by atomic mass is 10.2. The number of hydrogen-bond acceptors (Lipinski definition) is 6. The predicted octanol–water partition coefficient (Wildman–Crippen LogP) is 3.31. The average molecular weight is 446 g/mol. The second kappa shape index (κ2) is 9.79. The first-order valence-corrected chi connectivity index (χ1v) is 10.5. The SMILES string of the molecule is CCOC(=O)C(C)Oc1cccc(N(Cc2cccnc2)S(=O)(=O)CC(F)(F)F)c1. The minimum atomic E-state index is -4.92. The summed E-state index contributed by atoms with van der Waals surface area (Å²) in [6.45, 7) is 2.87. The molecule has 0 amide bonds. The van der Waals surface area contributed by atoms with E-state index < -0.39 is 34.0 Å². The molecule has 0 N–H and O–H groups in total. The van der Waals surface area contributed by atoms with Crippen molar-refractivity contribution in [2.45, 2.75) is 32.7 Å². The summed E-state index contributed by atoms with van der Waals surface area (Å²) in [6, 6.07) is 8.56. The molecule has 0 fully saturated rings. The van der Waals surface area contributed by atoms with Crippen LogP contribution in [0.2, 0.25) is 0 Å². The summed E-state index contributed by atoms with van der Waals surface area (Å²) >= 11 is 0. The summed E-state index contributed by atoms with van der Waals surface area (Å²) in [5.74, 6) is -2.55. The van der Waals surface area contributed by atoms with Crippen LogP contribution in [0.3, 0.4) is 0 Å². The molecule has 7 nitrogen and oxygen atoms in total. The molecule has 1 unspecified atom stereocenters. The molecule has 0 radical (unpaired) electrons. The molecule has 0 saturated carbocycles. The van der Waals surface area contributed by atoms with Gasteiger partial charge in [0.1, 0.15) is 5.75 Å². The minimum Gasteiger partial charge on any atom is -0.479 e. The van der Waals surface area contributed by atoms with Gasteiger partial charge in [0.25, 0.3) is 0 Å². The molecule has 2 rings (SSSR count). The van der Waals surface area contributed by atoms with Gasteiger partial charge in [0.05, 0.1) is 18.8 Å². The lowest BCUT2D eigenvalue weighted by Crippen LogP contribution is -2.37. The highest BCUT2D eigenvalue weighted by Gasteiger charge is 2.38. The average Bonchev–Trinajstić information content (AvgIpc) is 2.65. The Hall–Kier alpha value is -2.82. The van der Waals surface area contributed by atoms with Crippen molar-refractivity contribution >= 4 is 21.7 Å². The molecule has 0 spiro atoms. The quantitative estimate of drug-likeness (QED) is 0.550. The van der Waals surface area contributed by atoms with Gasteiger partial charge in [0.15, 0.2) is 11.9 Å². The zero-order valence-electron chi connectivity index (χ0n) is 16.3. The standard InChI is InChI=1S/C19H21F3N2O5S/c1-3-28-18(25)14(2)29-17-8-4-7-16(10-17)24(12-15-6-5-9-23-11-15)30(26,27)13-19(20,21)22/h4-11,14H,3,12-13H2,1-2H3. The molecule has 2 aromatic rings. The van der Waals surface area contributed by atoms with Crippen LogP contribution in [0.25, 0.3) is 0 Å². The van der Waals surface area contributed by atoms with Gasteiger partial charge in [0, 0.05) is 18.5 Å². The number of pyridine rings is 1. The lowest BCUT2D eigenvalue weighted by Gasteiger charge is -2.25. The van der Waals surface area contributed by atoms with E-state index in [1.165, 1.54) is 43.6 Å². The van der Waals surface area contributed by atoms with Crippen LogP contribution in [-0.4, -0.2) is 44.0 Å². The topological polar surface area (TPSA) is 85.8 Å². The summed E-state index contributed by atoms with van der Waals surface area (Å²) < 4.78 is 74.7. The minimum absolute atomic E-state index is 0.0448.